The molecule has 0 heterocycles. The Kier molecular flexibility index (Phi) is 9.56. The second-order valence-electron chi connectivity index (χ2n) is 7.93. The number of carbonyl (C=O) groups excluding carboxylic acids is 1. The zero-order valence-electron chi connectivity index (χ0n) is 19.6. The Morgan fingerprint density at radius 3 is 2.31 bits per heavy atom. The van der Waals surface area contributed by atoms with Crippen LogP contribution < -0.4 is 20.1 Å². The van der Waals surface area contributed by atoms with Gasteiger partial charge in [-0.3, -0.25) is 9.52 Å². The molecule has 0 aliphatic heterocycles. The van der Waals surface area contributed by atoms with Crippen LogP contribution in [0.15, 0.2) is 65.6 Å². The minimum absolute atomic E-state index is 0.103. The van der Waals surface area contributed by atoms with Gasteiger partial charge in [-0.25, -0.2) is 8.42 Å². The number of carbonyl (C=O) groups is 1. The molecule has 0 radical (unpaired) electrons. The summed E-state index contributed by atoms with van der Waals surface area (Å²) in [6.07, 6.45) is 0.640. The van der Waals surface area contributed by atoms with Gasteiger partial charge in [0.2, 0.25) is 5.91 Å². The summed E-state index contributed by atoms with van der Waals surface area (Å²) in [5, 5.41) is 6.47. The fraction of sp³-hybridized carbons (Fsp3) is 0.200. The van der Waals surface area contributed by atoms with E-state index in [1.165, 1.54) is 12.1 Å². The van der Waals surface area contributed by atoms with E-state index in [-0.39, 0.29) is 22.3 Å². The van der Waals surface area contributed by atoms with Crippen molar-refractivity contribution >= 4 is 67.8 Å². The molecule has 3 aromatic carbocycles. The van der Waals surface area contributed by atoms with Gasteiger partial charge in [-0.1, -0.05) is 41.4 Å². The molecular formula is C25H25Cl2N3O4S2. The molecule has 3 aromatic rings. The van der Waals surface area contributed by atoms with Gasteiger partial charge in [0.15, 0.2) is 5.11 Å². The lowest BCUT2D eigenvalue weighted by Crippen LogP contribution is -2.34. The van der Waals surface area contributed by atoms with E-state index in [1.54, 1.807) is 30.3 Å². The monoisotopic (exact) mass is 565 g/mol. The van der Waals surface area contributed by atoms with E-state index in [4.69, 9.17) is 40.2 Å². The lowest BCUT2D eigenvalue weighted by Gasteiger charge is -2.14. The first-order valence-electron chi connectivity index (χ1n) is 10.9. The summed E-state index contributed by atoms with van der Waals surface area (Å²) in [7, 11) is -3.77. The number of para-hydroxylation sites is 1. The second kappa shape index (κ2) is 12.4. The Balaban J connectivity index is 1.47. The number of benzene rings is 3. The fourth-order valence-electron chi connectivity index (χ4n) is 3.24. The van der Waals surface area contributed by atoms with Crippen LogP contribution in [0.3, 0.4) is 0 Å². The number of hydrogen-bond donors (Lipinski definition) is 3. The van der Waals surface area contributed by atoms with E-state index in [2.05, 4.69) is 15.4 Å². The van der Waals surface area contributed by atoms with E-state index in [0.29, 0.717) is 40.2 Å². The number of ether oxygens (including phenoxy) is 1. The molecule has 36 heavy (non-hydrogen) atoms. The summed E-state index contributed by atoms with van der Waals surface area (Å²) in [5.41, 5.74) is 2.76. The number of anilines is 2. The van der Waals surface area contributed by atoms with Gasteiger partial charge in [-0.2, -0.15) is 0 Å². The Bertz CT molecular complexity index is 1340. The Morgan fingerprint density at radius 1 is 1.00 bits per heavy atom. The number of halogens is 2. The number of aryl methyl sites for hydroxylation is 2. The topological polar surface area (TPSA) is 96.5 Å². The van der Waals surface area contributed by atoms with Gasteiger partial charge in [0.25, 0.3) is 10.0 Å². The standard InChI is InChI=1S/C25H25Cl2N3O4S2/c1-16-5-3-6-17(2)24(16)30-36(32,33)20-11-9-19(10-12-20)28-25(35)29-23(31)7-4-14-34-22-13-8-18(26)15-21(22)27/h3,5-6,8-13,15,30H,4,7,14H2,1-2H3,(H2,28,29,31,35). The Hall–Kier alpha value is -2.85. The predicted octanol–water partition coefficient (Wildman–Crippen LogP) is 6.08. The van der Waals surface area contributed by atoms with Gasteiger partial charge in [-0.15, -0.1) is 0 Å². The number of hydrogen-bond acceptors (Lipinski definition) is 5. The molecule has 0 aliphatic rings. The molecule has 7 nitrogen and oxygen atoms in total. The molecule has 0 saturated carbocycles. The van der Waals surface area contributed by atoms with Crippen molar-refractivity contribution in [2.45, 2.75) is 31.6 Å². The fourth-order valence-corrected chi connectivity index (χ4v) is 5.14. The third-order valence-electron chi connectivity index (χ3n) is 5.09. The highest BCUT2D eigenvalue weighted by Crippen LogP contribution is 2.27. The first-order valence-corrected chi connectivity index (χ1v) is 13.6. The van der Waals surface area contributed by atoms with E-state index in [1.807, 2.05) is 32.0 Å². The van der Waals surface area contributed by atoms with Crippen LogP contribution in [0.2, 0.25) is 10.0 Å². The van der Waals surface area contributed by atoms with Crippen molar-refractivity contribution in [1.29, 1.82) is 0 Å². The number of rotatable bonds is 9. The highest BCUT2D eigenvalue weighted by molar-refractivity contribution is 7.92. The van der Waals surface area contributed by atoms with E-state index in [9.17, 15) is 13.2 Å². The minimum atomic E-state index is -3.77. The summed E-state index contributed by atoms with van der Waals surface area (Å²) in [4.78, 5) is 12.3. The van der Waals surface area contributed by atoms with Crippen molar-refractivity contribution in [3.05, 3.63) is 81.8 Å². The molecule has 0 atom stereocenters. The van der Waals surface area contributed by atoms with Gasteiger partial charge in [0, 0.05) is 17.1 Å². The van der Waals surface area contributed by atoms with Gasteiger partial charge >= 0.3 is 0 Å². The molecular weight excluding hydrogens is 541 g/mol. The summed E-state index contributed by atoms with van der Waals surface area (Å²) >= 11 is 17.1. The van der Waals surface area contributed by atoms with E-state index < -0.39 is 10.0 Å². The third kappa shape index (κ3) is 7.83. The van der Waals surface area contributed by atoms with Crippen molar-refractivity contribution in [3.63, 3.8) is 0 Å². The van der Waals surface area contributed by atoms with Crippen molar-refractivity contribution in [2.24, 2.45) is 0 Å². The highest BCUT2D eigenvalue weighted by atomic mass is 35.5. The minimum Gasteiger partial charge on any atom is -0.492 e. The quantitative estimate of drug-likeness (QED) is 0.215. The summed E-state index contributed by atoms with van der Waals surface area (Å²) in [6.45, 7) is 3.98. The molecule has 3 rings (SSSR count). The van der Waals surface area contributed by atoms with Crippen molar-refractivity contribution < 1.29 is 17.9 Å². The van der Waals surface area contributed by atoms with Crippen molar-refractivity contribution in [1.82, 2.24) is 5.32 Å². The summed E-state index contributed by atoms with van der Waals surface area (Å²) in [5.74, 6) is 0.212. The molecule has 0 saturated heterocycles. The first-order chi connectivity index (χ1) is 17.0. The zero-order chi connectivity index (χ0) is 26.3. The predicted molar refractivity (Wildman–Crippen MR) is 149 cm³/mol. The van der Waals surface area contributed by atoms with Crippen LogP contribution in [0.4, 0.5) is 11.4 Å². The van der Waals surface area contributed by atoms with Crippen LogP contribution in [0, 0.1) is 13.8 Å². The third-order valence-corrected chi connectivity index (χ3v) is 7.19. The molecule has 0 bridgehead atoms. The molecule has 1 amide bonds. The van der Waals surface area contributed by atoms with Crippen LogP contribution in [0.1, 0.15) is 24.0 Å². The van der Waals surface area contributed by atoms with Crippen LogP contribution in [0.25, 0.3) is 0 Å². The summed E-state index contributed by atoms with van der Waals surface area (Å²) in [6, 6.07) is 16.5. The number of nitrogens with one attached hydrogen (secondary N) is 3. The first kappa shape index (κ1) is 27.7. The van der Waals surface area contributed by atoms with Crippen LogP contribution in [0.5, 0.6) is 5.75 Å². The van der Waals surface area contributed by atoms with Gasteiger partial charge in [-0.05, 0) is 86.1 Å². The van der Waals surface area contributed by atoms with Gasteiger partial charge in [0.1, 0.15) is 5.75 Å². The van der Waals surface area contributed by atoms with E-state index >= 15 is 0 Å². The SMILES string of the molecule is Cc1cccc(C)c1NS(=O)(=O)c1ccc(NC(=S)NC(=O)CCCOc2ccc(Cl)cc2Cl)cc1. The Morgan fingerprint density at radius 2 is 1.67 bits per heavy atom. The average molecular weight is 567 g/mol. The molecule has 0 fully saturated rings. The molecule has 190 valence electrons. The lowest BCUT2D eigenvalue weighted by molar-refractivity contribution is -0.119. The highest BCUT2D eigenvalue weighted by Gasteiger charge is 2.16. The molecule has 0 unspecified atom stereocenters. The van der Waals surface area contributed by atoms with Crippen molar-refractivity contribution in [2.75, 3.05) is 16.6 Å². The average Bonchev–Trinajstić information content (AvgIpc) is 2.80. The zero-order valence-corrected chi connectivity index (χ0v) is 22.7. The maximum atomic E-state index is 12.8. The molecule has 3 N–H and O–H groups in total. The maximum absolute atomic E-state index is 12.8. The van der Waals surface area contributed by atoms with Crippen molar-refractivity contribution in [3.8, 4) is 5.75 Å². The Labute approximate surface area is 226 Å². The van der Waals surface area contributed by atoms with Gasteiger partial charge in [0.05, 0.1) is 22.2 Å². The maximum Gasteiger partial charge on any atom is 0.261 e. The lowest BCUT2D eigenvalue weighted by atomic mass is 10.1. The van der Waals surface area contributed by atoms with Crippen LogP contribution >= 0.6 is 35.4 Å². The number of amides is 1. The molecule has 0 aliphatic carbocycles. The number of thiocarbonyl (C=S) groups is 1. The molecule has 11 heteroatoms. The van der Waals surface area contributed by atoms with Gasteiger partial charge < -0.3 is 15.4 Å². The van der Waals surface area contributed by atoms with Crippen LogP contribution in [-0.4, -0.2) is 26.0 Å². The van der Waals surface area contributed by atoms with E-state index in [0.717, 1.165) is 11.1 Å². The largest absolute Gasteiger partial charge is 0.492 e. The molecule has 0 spiro atoms. The number of sulfonamides is 1. The molecule has 0 aromatic heterocycles. The smallest absolute Gasteiger partial charge is 0.261 e. The second-order valence-corrected chi connectivity index (χ2v) is 10.9. The summed E-state index contributed by atoms with van der Waals surface area (Å²) < 4.78 is 33.8. The van der Waals surface area contributed by atoms with Crippen LogP contribution in [-0.2, 0) is 14.8 Å². The normalized spacial score (nSPS) is 11.0.